The van der Waals surface area contributed by atoms with Gasteiger partial charge in [0.05, 0.1) is 5.69 Å². The van der Waals surface area contributed by atoms with Crippen molar-refractivity contribution in [1.82, 2.24) is 9.88 Å². The second-order valence-electron chi connectivity index (χ2n) is 7.65. The molecule has 6 rings (SSSR count). The standard InChI is InChI=1S/C19H20N2OS/c22-17-18-9-4-3-5-12(18)11-19(23-18)16-14(8-10-21(17)19)13-6-1-2-7-15(13)20-16/h1-2,6-7,12,20H,3-5,8-11H2/t12-,18-,19-/m0/s1. The number of carbonyl (C=O) groups is 1. The van der Waals surface area contributed by atoms with Crippen molar-refractivity contribution in [3.8, 4) is 0 Å². The summed E-state index contributed by atoms with van der Waals surface area (Å²) >= 11 is 2.01. The van der Waals surface area contributed by atoms with E-state index >= 15 is 0 Å². The van der Waals surface area contributed by atoms with E-state index in [-0.39, 0.29) is 9.62 Å². The van der Waals surface area contributed by atoms with Crippen LogP contribution in [0.5, 0.6) is 0 Å². The van der Waals surface area contributed by atoms with Gasteiger partial charge in [0, 0.05) is 17.4 Å². The molecule has 1 aromatic heterocycles. The van der Waals surface area contributed by atoms with Gasteiger partial charge >= 0.3 is 0 Å². The van der Waals surface area contributed by atoms with E-state index in [2.05, 4.69) is 34.1 Å². The van der Waals surface area contributed by atoms with Gasteiger partial charge in [-0.05, 0) is 43.2 Å². The number of thioether (sulfide) groups is 1. The average Bonchev–Trinajstić information content (AvgIpc) is 3.19. The highest BCUT2D eigenvalue weighted by molar-refractivity contribution is 8.03. The van der Waals surface area contributed by atoms with Gasteiger partial charge in [0.2, 0.25) is 5.91 Å². The summed E-state index contributed by atoms with van der Waals surface area (Å²) in [4.78, 5) is 19.1. The van der Waals surface area contributed by atoms with Gasteiger partial charge in [-0.25, -0.2) is 0 Å². The molecule has 23 heavy (non-hydrogen) atoms. The summed E-state index contributed by atoms with van der Waals surface area (Å²) in [5, 5.41) is 1.36. The van der Waals surface area contributed by atoms with Gasteiger partial charge in [-0.3, -0.25) is 4.79 Å². The van der Waals surface area contributed by atoms with Crippen molar-refractivity contribution in [2.45, 2.75) is 48.1 Å². The number of nitrogens with one attached hydrogen (secondary N) is 1. The molecule has 1 saturated carbocycles. The summed E-state index contributed by atoms with van der Waals surface area (Å²) in [6, 6.07) is 8.63. The highest BCUT2D eigenvalue weighted by Gasteiger charge is 2.71. The number of aromatic amines is 1. The third kappa shape index (κ3) is 1.31. The molecule has 1 aliphatic carbocycles. The quantitative estimate of drug-likeness (QED) is 0.800. The number of piperidine rings is 1. The van der Waals surface area contributed by atoms with Crippen LogP contribution < -0.4 is 0 Å². The topological polar surface area (TPSA) is 36.1 Å². The van der Waals surface area contributed by atoms with E-state index in [1.54, 1.807) is 0 Å². The molecule has 3 fully saturated rings. The molecule has 0 unspecified atom stereocenters. The number of benzene rings is 1. The van der Waals surface area contributed by atoms with Crippen molar-refractivity contribution in [2.75, 3.05) is 6.54 Å². The molecule has 2 saturated heterocycles. The largest absolute Gasteiger partial charge is 0.355 e. The number of rotatable bonds is 0. The SMILES string of the molecule is O=C1N2CCc3c([nH]c4ccccc34)[C@@]23C[C@@H]2CCCC[C@@]12S3. The van der Waals surface area contributed by atoms with E-state index in [9.17, 15) is 4.79 Å². The maximum atomic E-state index is 13.3. The lowest BCUT2D eigenvalue weighted by Gasteiger charge is -2.45. The van der Waals surface area contributed by atoms with Crippen molar-refractivity contribution in [3.05, 3.63) is 35.5 Å². The minimum atomic E-state index is -0.100. The molecule has 1 amide bonds. The summed E-state index contributed by atoms with van der Waals surface area (Å²) in [7, 11) is 0. The molecule has 3 aliphatic heterocycles. The fraction of sp³-hybridized carbons (Fsp3) is 0.526. The molecule has 2 bridgehead atoms. The van der Waals surface area contributed by atoms with Crippen LogP contribution in [-0.4, -0.2) is 27.1 Å². The first kappa shape index (κ1) is 12.9. The summed E-state index contributed by atoms with van der Waals surface area (Å²) in [5.41, 5.74) is 4.04. The highest BCUT2D eigenvalue weighted by Crippen LogP contribution is 2.71. The second kappa shape index (κ2) is 3.97. The van der Waals surface area contributed by atoms with Gasteiger partial charge in [-0.1, -0.05) is 31.0 Å². The van der Waals surface area contributed by atoms with E-state index < -0.39 is 0 Å². The number of aromatic nitrogens is 1. The third-order valence-corrected chi connectivity index (χ3v) is 8.72. The molecule has 4 heteroatoms. The summed E-state index contributed by atoms with van der Waals surface area (Å²) < 4.78 is -0.100. The number of para-hydroxylation sites is 1. The molecular weight excluding hydrogens is 304 g/mol. The summed E-state index contributed by atoms with van der Waals surface area (Å²) in [5.74, 6) is 1.03. The molecule has 0 radical (unpaired) electrons. The zero-order chi connectivity index (χ0) is 15.2. The molecule has 118 valence electrons. The third-order valence-electron chi connectivity index (χ3n) is 6.72. The Kier molecular flexibility index (Phi) is 2.23. The van der Waals surface area contributed by atoms with Crippen LogP contribution in [0, 0.1) is 5.92 Å². The lowest BCUT2D eigenvalue weighted by Crippen LogP contribution is -2.56. The number of carbonyl (C=O) groups excluding carboxylic acids is 1. The van der Waals surface area contributed by atoms with Gasteiger partial charge in [0.25, 0.3) is 0 Å². The van der Waals surface area contributed by atoms with Crippen LogP contribution in [-0.2, 0) is 16.1 Å². The Balaban J connectivity index is 1.61. The predicted octanol–water partition coefficient (Wildman–Crippen LogP) is 3.78. The summed E-state index contributed by atoms with van der Waals surface area (Å²) in [6.45, 7) is 0.898. The van der Waals surface area contributed by atoms with Crippen LogP contribution in [0.3, 0.4) is 0 Å². The maximum absolute atomic E-state index is 13.3. The monoisotopic (exact) mass is 324 g/mol. The molecule has 3 atom stereocenters. The molecule has 4 aliphatic rings. The minimum Gasteiger partial charge on any atom is -0.355 e. The van der Waals surface area contributed by atoms with Crippen LogP contribution in [0.4, 0.5) is 0 Å². The van der Waals surface area contributed by atoms with Crippen LogP contribution >= 0.6 is 11.8 Å². The zero-order valence-electron chi connectivity index (χ0n) is 13.1. The van der Waals surface area contributed by atoms with Crippen molar-refractivity contribution in [3.63, 3.8) is 0 Å². The highest BCUT2D eigenvalue weighted by atomic mass is 32.2. The Morgan fingerprint density at radius 3 is 3.13 bits per heavy atom. The summed E-state index contributed by atoms with van der Waals surface area (Å²) in [6.07, 6.45) is 7.00. The van der Waals surface area contributed by atoms with Crippen molar-refractivity contribution in [2.24, 2.45) is 5.92 Å². The molecule has 2 spiro atoms. The Hall–Kier alpha value is -1.42. The lowest BCUT2D eigenvalue weighted by atomic mass is 9.71. The van der Waals surface area contributed by atoms with Gasteiger partial charge in [0.15, 0.2) is 0 Å². The van der Waals surface area contributed by atoms with E-state index in [1.807, 2.05) is 11.8 Å². The van der Waals surface area contributed by atoms with Crippen LogP contribution in [0.25, 0.3) is 10.9 Å². The fourth-order valence-corrected chi connectivity index (χ4v) is 8.02. The first-order chi connectivity index (χ1) is 11.2. The van der Waals surface area contributed by atoms with Crippen LogP contribution in [0.15, 0.2) is 24.3 Å². The first-order valence-corrected chi connectivity index (χ1v) is 9.69. The second-order valence-corrected chi connectivity index (χ2v) is 9.26. The smallest absolute Gasteiger partial charge is 0.240 e. The van der Waals surface area contributed by atoms with Crippen molar-refractivity contribution < 1.29 is 4.79 Å². The molecular formula is C19H20N2OS. The van der Waals surface area contributed by atoms with E-state index in [1.165, 1.54) is 41.4 Å². The number of amides is 1. The van der Waals surface area contributed by atoms with Crippen LogP contribution in [0.1, 0.15) is 43.4 Å². The first-order valence-electron chi connectivity index (χ1n) is 8.87. The molecule has 1 N–H and O–H groups in total. The molecule has 2 aromatic rings. The molecule has 1 aromatic carbocycles. The Morgan fingerprint density at radius 1 is 1.26 bits per heavy atom. The van der Waals surface area contributed by atoms with Crippen LogP contribution in [0.2, 0.25) is 0 Å². The number of hydrogen-bond acceptors (Lipinski definition) is 2. The number of fused-ring (bicyclic) bond motifs is 3. The zero-order valence-corrected chi connectivity index (χ0v) is 13.9. The Labute approximate surface area is 139 Å². The van der Waals surface area contributed by atoms with E-state index in [4.69, 9.17) is 0 Å². The van der Waals surface area contributed by atoms with Crippen molar-refractivity contribution >= 4 is 28.6 Å². The van der Waals surface area contributed by atoms with E-state index in [0.717, 1.165) is 25.8 Å². The van der Waals surface area contributed by atoms with Gasteiger partial charge in [-0.15, -0.1) is 11.8 Å². The maximum Gasteiger partial charge on any atom is 0.240 e. The number of H-pyrrole nitrogens is 1. The van der Waals surface area contributed by atoms with E-state index in [0.29, 0.717) is 11.8 Å². The predicted molar refractivity (Wildman–Crippen MR) is 92.3 cm³/mol. The minimum absolute atomic E-state index is 0.0985. The molecule has 3 nitrogen and oxygen atoms in total. The lowest BCUT2D eigenvalue weighted by molar-refractivity contribution is -0.143. The van der Waals surface area contributed by atoms with Gasteiger partial charge < -0.3 is 9.88 Å². The molecule has 4 heterocycles. The number of hydrogen-bond donors (Lipinski definition) is 1. The number of nitrogens with zero attached hydrogens (tertiary/aromatic N) is 1. The fourth-order valence-electron chi connectivity index (χ4n) is 5.76. The van der Waals surface area contributed by atoms with Gasteiger partial charge in [-0.2, -0.15) is 0 Å². The normalized spacial score (nSPS) is 37.8. The average molecular weight is 324 g/mol. The van der Waals surface area contributed by atoms with Gasteiger partial charge in [0.1, 0.15) is 9.62 Å². The Morgan fingerprint density at radius 2 is 2.17 bits per heavy atom. The van der Waals surface area contributed by atoms with Crippen molar-refractivity contribution in [1.29, 1.82) is 0 Å². The Bertz CT molecular complexity index is 858.